The van der Waals surface area contributed by atoms with E-state index in [4.69, 9.17) is 4.74 Å². The number of ether oxygens (including phenoxy) is 1. The van der Waals surface area contributed by atoms with E-state index in [9.17, 15) is 18.0 Å². The zero-order chi connectivity index (χ0) is 20.3. The summed E-state index contributed by atoms with van der Waals surface area (Å²) < 4.78 is 43.4. The summed E-state index contributed by atoms with van der Waals surface area (Å²) in [7, 11) is 0. The average Bonchev–Trinajstić information content (AvgIpc) is 3.31. The van der Waals surface area contributed by atoms with Gasteiger partial charge in [0.2, 0.25) is 5.91 Å². The highest BCUT2D eigenvalue weighted by Gasteiger charge is 2.33. The highest BCUT2D eigenvalue weighted by molar-refractivity contribution is 7.13. The Bertz CT molecular complexity index is 808. The second-order valence-corrected chi connectivity index (χ2v) is 7.73. The van der Waals surface area contributed by atoms with Crippen LogP contribution in [0.3, 0.4) is 0 Å². The molecular weight excluding hydrogens is 391 g/mol. The monoisotopic (exact) mass is 413 g/mol. The molecule has 1 aliphatic rings. The van der Waals surface area contributed by atoms with Gasteiger partial charge in [-0.25, -0.2) is 4.98 Å². The Morgan fingerprint density at radius 3 is 2.82 bits per heavy atom. The van der Waals surface area contributed by atoms with Crippen LogP contribution in [0.4, 0.5) is 19.0 Å². The van der Waals surface area contributed by atoms with Crippen LogP contribution in [0.5, 0.6) is 5.06 Å². The SMILES string of the molecule is CCOc1ccc([C@@H](C)NC(=O)[C@@H]2CCN(c3ccc(C(F)(F)F)cn3)C2)s1. The fourth-order valence-electron chi connectivity index (χ4n) is 3.11. The van der Waals surface area contributed by atoms with Crippen molar-refractivity contribution >= 4 is 23.1 Å². The van der Waals surface area contributed by atoms with Crippen molar-refractivity contribution in [1.82, 2.24) is 10.3 Å². The van der Waals surface area contributed by atoms with Gasteiger partial charge in [-0.3, -0.25) is 4.79 Å². The first kappa shape index (κ1) is 20.4. The maximum atomic E-state index is 12.7. The quantitative estimate of drug-likeness (QED) is 0.769. The third kappa shape index (κ3) is 4.76. The summed E-state index contributed by atoms with van der Waals surface area (Å²) in [5.41, 5.74) is -0.777. The Morgan fingerprint density at radius 2 is 2.18 bits per heavy atom. The molecule has 9 heteroatoms. The van der Waals surface area contributed by atoms with Gasteiger partial charge in [-0.2, -0.15) is 13.2 Å². The summed E-state index contributed by atoms with van der Waals surface area (Å²) in [5.74, 6) is 0.169. The van der Waals surface area contributed by atoms with Crippen molar-refractivity contribution in [3.8, 4) is 5.06 Å². The number of nitrogens with one attached hydrogen (secondary N) is 1. The molecule has 0 aliphatic carbocycles. The van der Waals surface area contributed by atoms with Gasteiger partial charge in [0, 0.05) is 24.2 Å². The van der Waals surface area contributed by atoms with Crippen LogP contribution in [0.1, 0.15) is 36.8 Å². The van der Waals surface area contributed by atoms with E-state index in [0.717, 1.165) is 22.2 Å². The van der Waals surface area contributed by atoms with Gasteiger partial charge in [0.1, 0.15) is 5.82 Å². The number of aromatic nitrogens is 1. The molecule has 5 nitrogen and oxygen atoms in total. The Kier molecular flexibility index (Phi) is 6.12. The number of alkyl halides is 3. The first-order valence-electron chi connectivity index (χ1n) is 9.09. The number of nitrogens with zero attached hydrogens (tertiary/aromatic N) is 2. The fraction of sp³-hybridized carbons (Fsp3) is 0.474. The molecule has 0 aromatic carbocycles. The van der Waals surface area contributed by atoms with E-state index in [-0.39, 0.29) is 17.9 Å². The minimum absolute atomic E-state index is 0.0618. The van der Waals surface area contributed by atoms with Crippen molar-refractivity contribution in [2.45, 2.75) is 32.5 Å². The Hall–Kier alpha value is -2.29. The lowest BCUT2D eigenvalue weighted by Crippen LogP contribution is -2.34. The molecule has 28 heavy (non-hydrogen) atoms. The lowest BCUT2D eigenvalue weighted by atomic mass is 10.1. The van der Waals surface area contributed by atoms with Gasteiger partial charge < -0.3 is 15.0 Å². The number of carbonyl (C=O) groups excluding carboxylic acids is 1. The van der Waals surface area contributed by atoms with E-state index >= 15 is 0 Å². The molecule has 0 unspecified atom stereocenters. The number of carbonyl (C=O) groups is 1. The molecule has 2 atom stereocenters. The van der Waals surface area contributed by atoms with Crippen molar-refractivity contribution in [2.24, 2.45) is 5.92 Å². The molecule has 0 bridgehead atoms. The van der Waals surface area contributed by atoms with Gasteiger partial charge >= 0.3 is 6.18 Å². The van der Waals surface area contributed by atoms with Crippen molar-refractivity contribution < 1.29 is 22.7 Å². The van der Waals surface area contributed by atoms with Crippen LogP contribution in [0.25, 0.3) is 0 Å². The number of thiophene rings is 1. The molecule has 0 spiro atoms. The third-order valence-corrected chi connectivity index (χ3v) is 5.81. The Balaban J connectivity index is 1.56. The predicted molar refractivity (Wildman–Crippen MR) is 102 cm³/mol. The average molecular weight is 413 g/mol. The topological polar surface area (TPSA) is 54.5 Å². The normalized spacial score (nSPS) is 18.2. The van der Waals surface area contributed by atoms with Crippen LogP contribution < -0.4 is 15.0 Å². The first-order valence-corrected chi connectivity index (χ1v) is 9.90. The molecule has 1 N–H and O–H groups in total. The maximum Gasteiger partial charge on any atom is 0.417 e. The summed E-state index contributed by atoms with van der Waals surface area (Å²) in [6.45, 7) is 5.45. The zero-order valence-corrected chi connectivity index (χ0v) is 16.4. The van der Waals surface area contributed by atoms with Crippen LogP contribution in [-0.4, -0.2) is 30.6 Å². The number of amides is 1. The van der Waals surface area contributed by atoms with E-state index < -0.39 is 11.7 Å². The van der Waals surface area contributed by atoms with Crippen LogP contribution in [0.2, 0.25) is 0 Å². The van der Waals surface area contributed by atoms with Gasteiger partial charge in [-0.15, -0.1) is 11.3 Å². The highest BCUT2D eigenvalue weighted by Crippen LogP contribution is 2.31. The van der Waals surface area contributed by atoms with Crippen molar-refractivity contribution in [2.75, 3.05) is 24.6 Å². The van der Waals surface area contributed by atoms with Crippen molar-refractivity contribution in [3.05, 3.63) is 40.9 Å². The van der Waals surface area contributed by atoms with Crippen LogP contribution in [-0.2, 0) is 11.0 Å². The standard InChI is InChI=1S/C19H22F3N3O2S/c1-3-27-17-7-5-15(28-17)12(2)24-18(26)13-8-9-25(11-13)16-6-4-14(10-23-16)19(20,21)22/h4-7,10,12-13H,3,8-9,11H2,1-2H3,(H,24,26)/t12-,13-/m1/s1. The molecule has 0 radical (unpaired) electrons. The van der Waals surface area contributed by atoms with Crippen molar-refractivity contribution in [1.29, 1.82) is 0 Å². The predicted octanol–water partition coefficient (Wildman–Crippen LogP) is 4.26. The maximum absolute atomic E-state index is 12.7. The summed E-state index contributed by atoms with van der Waals surface area (Å²) in [6.07, 6.45) is -2.94. The molecule has 3 rings (SSSR count). The summed E-state index contributed by atoms with van der Waals surface area (Å²) in [4.78, 5) is 19.4. The molecule has 1 saturated heterocycles. The molecule has 1 fully saturated rings. The first-order chi connectivity index (χ1) is 13.3. The third-order valence-electron chi connectivity index (χ3n) is 4.63. The number of anilines is 1. The largest absolute Gasteiger partial charge is 0.484 e. The molecule has 2 aromatic rings. The minimum atomic E-state index is -4.40. The summed E-state index contributed by atoms with van der Waals surface area (Å²) in [6, 6.07) is 6.06. The lowest BCUT2D eigenvalue weighted by molar-refractivity contribution is -0.137. The van der Waals surface area contributed by atoms with Gasteiger partial charge in [0.15, 0.2) is 5.06 Å². The number of hydrogen-bond donors (Lipinski definition) is 1. The summed E-state index contributed by atoms with van der Waals surface area (Å²) in [5, 5.41) is 3.83. The number of rotatable bonds is 6. The smallest absolute Gasteiger partial charge is 0.417 e. The van der Waals surface area contributed by atoms with Gasteiger partial charge in [-0.1, -0.05) is 0 Å². The fourth-order valence-corrected chi connectivity index (χ4v) is 4.03. The molecule has 2 aromatic heterocycles. The number of halogens is 3. The van der Waals surface area contributed by atoms with Crippen LogP contribution in [0.15, 0.2) is 30.5 Å². The lowest BCUT2D eigenvalue weighted by Gasteiger charge is -2.19. The van der Waals surface area contributed by atoms with Crippen LogP contribution >= 0.6 is 11.3 Å². The molecular formula is C19H22F3N3O2S. The minimum Gasteiger partial charge on any atom is -0.484 e. The highest BCUT2D eigenvalue weighted by atomic mass is 32.1. The second kappa shape index (κ2) is 8.38. The molecule has 1 aliphatic heterocycles. The van der Waals surface area contributed by atoms with Crippen LogP contribution in [0, 0.1) is 5.92 Å². The zero-order valence-electron chi connectivity index (χ0n) is 15.6. The summed E-state index contributed by atoms with van der Waals surface area (Å²) >= 11 is 1.50. The van der Waals surface area contributed by atoms with E-state index in [0.29, 0.717) is 31.9 Å². The second-order valence-electron chi connectivity index (χ2n) is 6.65. The number of pyridine rings is 1. The van der Waals surface area contributed by atoms with Gasteiger partial charge in [-0.05, 0) is 44.5 Å². The Labute approximate surface area is 165 Å². The van der Waals surface area contributed by atoms with Gasteiger partial charge in [0.05, 0.1) is 24.1 Å². The molecule has 0 saturated carbocycles. The molecule has 3 heterocycles. The van der Waals surface area contributed by atoms with Crippen molar-refractivity contribution in [3.63, 3.8) is 0 Å². The molecule has 152 valence electrons. The van der Waals surface area contributed by atoms with E-state index in [2.05, 4.69) is 10.3 Å². The number of hydrogen-bond acceptors (Lipinski definition) is 5. The van der Waals surface area contributed by atoms with E-state index in [1.54, 1.807) is 0 Å². The van der Waals surface area contributed by atoms with Gasteiger partial charge in [0.25, 0.3) is 0 Å². The molecule has 1 amide bonds. The van der Waals surface area contributed by atoms with E-state index in [1.807, 2.05) is 30.9 Å². The van der Waals surface area contributed by atoms with E-state index in [1.165, 1.54) is 17.4 Å². The Morgan fingerprint density at radius 1 is 1.39 bits per heavy atom.